The van der Waals surface area contributed by atoms with Crippen molar-refractivity contribution < 1.29 is 14.3 Å². The number of ether oxygens (including phenoxy) is 1. The number of aryl methyl sites for hydroxylation is 1. The molecule has 1 aliphatic carbocycles. The number of carbonyl (C=O) groups is 2. The van der Waals surface area contributed by atoms with Gasteiger partial charge in [0.15, 0.2) is 0 Å². The van der Waals surface area contributed by atoms with E-state index in [2.05, 4.69) is 10.4 Å². The molecular formula is C19H24N4O3S. The fourth-order valence-corrected chi connectivity index (χ4v) is 4.16. The first-order valence-electron chi connectivity index (χ1n) is 9.06. The molecule has 144 valence electrons. The largest absolute Gasteiger partial charge is 0.465 e. The SMILES string of the molecule is COC(=O)c1ccc(-c2nn(C)c(=NC3CCCCC3)s2)cc1NC(C)=O. The van der Waals surface area contributed by atoms with E-state index in [1.807, 2.05) is 7.05 Å². The zero-order valence-electron chi connectivity index (χ0n) is 15.8. The molecule has 0 bridgehead atoms. The Hall–Kier alpha value is -2.48. The van der Waals surface area contributed by atoms with Crippen molar-refractivity contribution in [2.24, 2.45) is 12.0 Å². The topological polar surface area (TPSA) is 85.6 Å². The van der Waals surface area contributed by atoms with Crippen molar-refractivity contribution >= 4 is 28.9 Å². The zero-order valence-corrected chi connectivity index (χ0v) is 16.6. The van der Waals surface area contributed by atoms with Gasteiger partial charge in [-0.2, -0.15) is 5.10 Å². The van der Waals surface area contributed by atoms with Crippen LogP contribution in [0, 0.1) is 0 Å². The maximum absolute atomic E-state index is 11.9. The normalized spacial score (nSPS) is 15.6. The van der Waals surface area contributed by atoms with Gasteiger partial charge in [-0.15, -0.1) is 0 Å². The average molecular weight is 388 g/mol. The molecule has 0 unspecified atom stereocenters. The number of carbonyl (C=O) groups excluding carboxylic acids is 2. The van der Waals surface area contributed by atoms with Crippen molar-refractivity contribution in [3.63, 3.8) is 0 Å². The summed E-state index contributed by atoms with van der Waals surface area (Å²) >= 11 is 1.51. The Morgan fingerprint density at radius 1 is 1.30 bits per heavy atom. The molecule has 2 aromatic rings. The van der Waals surface area contributed by atoms with E-state index in [1.165, 1.54) is 44.6 Å². The molecule has 1 aromatic heterocycles. The number of aromatic nitrogens is 2. The molecule has 8 heteroatoms. The third-order valence-electron chi connectivity index (χ3n) is 4.56. The summed E-state index contributed by atoms with van der Waals surface area (Å²) in [5.41, 5.74) is 1.54. The third-order valence-corrected chi connectivity index (χ3v) is 5.62. The lowest BCUT2D eigenvalue weighted by Gasteiger charge is -2.16. The fraction of sp³-hybridized carbons (Fsp3) is 0.474. The summed E-state index contributed by atoms with van der Waals surface area (Å²) in [6, 6.07) is 5.57. The highest BCUT2D eigenvalue weighted by Gasteiger charge is 2.16. The van der Waals surface area contributed by atoms with E-state index in [9.17, 15) is 9.59 Å². The molecule has 3 rings (SSSR count). The van der Waals surface area contributed by atoms with Crippen molar-refractivity contribution in [3.8, 4) is 10.6 Å². The highest BCUT2D eigenvalue weighted by atomic mass is 32.1. The smallest absolute Gasteiger partial charge is 0.339 e. The van der Waals surface area contributed by atoms with Crippen LogP contribution in [-0.2, 0) is 16.6 Å². The van der Waals surface area contributed by atoms with Crippen LogP contribution in [0.1, 0.15) is 49.4 Å². The molecule has 1 saturated carbocycles. The second-order valence-electron chi connectivity index (χ2n) is 6.67. The maximum atomic E-state index is 11.9. The number of esters is 1. The van der Waals surface area contributed by atoms with E-state index in [0.29, 0.717) is 17.3 Å². The minimum Gasteiger partial charge on any atom is -0.465 e. The van der Waals surface area contributed by atoms with E-state index in [0.717, 1.165) is 28.2 Å². The molecule has 27 heavy (non-hydrogen) atoms. The average Bonchev–Trinajstić information content (AvgIpc) is 3.02. The van der Waals surface area contributed by atoms with Crippen LogP contribution in [0.25, 0.3) is 10.6 Å². The first-order chi connectivity index (χ1) is 13.0. The second-order valence-corrected chi connectivity index (χ2v) is 7.62. The Bertz CT molecular complexity index is 910. The highest BCUT2D eigenvalue weighted by Crippen LogP contribution is 2.27. The molecule has 1 N–H and O–H groups in total. The van der Waals surface area contributed by atoms with Crippen molar-refractivity contribution in [3.05, 3.63) is 28.6 Å². The molecule has 1 aromatic carbocycles. The van der Waals surface area contributed by atoms with Crippen molar-refractivity contribution in [1.82, 2.24) is 9.78 Å². The maximum Gasteiger partial charge on any atom is 0.339 e. The Morgan fingerprint density at radius 2 is 2.04 bits per heavy atom. The Balaban J connectivity index is 1.96. The van der Waals surface area contributed by atoms with Gasteiger partial charge < -0.3 is 10.1 Å². The van der Waals surface area contributed by atoms with E-state index < -0.39 is 5.97 Å². The Labute approximate surface area is 162 Å². The van der Waals surface area contributed by atoms with Crippen molar-refractivity contribution in [2.45, 2.75) is 45.1 Å². The number of rotatable bonds is 4. The van der Waals surface area contributed by atoms with Crippen LogP contribution >= 0.6 is 11.3 Å². The third kappa shape index (κ3) is 4.63. The number of amides is 1. The van der Waals surface area contributed by atoms with Gasteiger partial charge in [-0.1, -0.05) is 36.7 Å². The molecule has 1 aliphatic rings. The fourth-order valence-electron chi connectivity index (χ4n) is 3.20. The number of nitrogens with zero attached hydrogens (tertiary/aromatic N) is 3. The quantitative estimate of drug-likeness (QED) is 0.816. The number of benzene rings is 1. The molecule has 0 spiro atoms. The number of hydrogen-bond acceptors (Lipinski definition) is 6. The molecule has 1 amide bonds. The summed E-state index contributed by atoms with van der Waals surface area (Å²) in [5.74, 6) is -0.752. The standard InChI is InChI=1S/C19H24N4O3S/c1-12(24)20-16-11-13(9-10-15(16)18(25)26-3)17-22-23(2)19(27-17)21-14-7-5-4-6-8-14/h9-11,14H,4-8H2,1-3H3,(H,20,24). The molecule has 1 fully saturated rings. The lowest BCUT2D eigenvalue weighted by Crippen LogP contribution is -2.18. The number of methoxy groups -OCH3 is 1. The minimum absolute atomic E-state index is 0.255. The summed E-state index contributed by atoms with van der Waals surface area (Å²) in [5, 5.41) is 8.05. The van der Waals surface area contributed by atoms with Gasteiger partial charge in [0.2, 0.25) is 10.7 Å². The van der Waals surface area contributed by atoms with E-state index >= 15 is 0 Å². The van der Waals surface area contributed by atoms with Gasteiger partial charge in [0.05, 0.1) is 24.4 Å². The van der Waals surface area contributed by atoms with Crippen LogP contribution in [0.3, 0.4) is 0 Å². The van der Waals surface area contributed by atoms with Crippen LogP contribution in [-0.4, -0.2) is 34.8 Å². The van der Waals surface area contributed by atoms with E-state index in [1.54, 1.807) is 22.9 Å². The Kier molecular flexibility index (Phi) is 6.05. The summed E-state index contributed by atoms with van der Waals surface area (Å²) < 4.78 is 6.58. The van der Waals surface area contributed by atoms with Gasteiger partial charge in [0.25, 0.3) is 0 Å². The zero-order chi connectivity index (χ0) is 19.4. The van der Waals surface area contributed by atoms with Crippen LogP contribution in [0.4, 0.5) is 5.69 Å². The van der Waals surface area contributed by atoms with E-state index in [4.69, 9.17) is 9.73 Å². The monoisotopic (exact) mass is 388 g/mol. The van der Waals surface area contributed by atoms with Gasteiger partial charge in [-0.25, -0.2) is 9.48 Å². The molecule has 0 aliphatic heterocycles. The minimum atomic E-state index is -0.497. The van der Waals surface area contributed by atoms with E-state index in [-0.39, 0.29) is 5.91 Å². The lowest BCUT2D eigenvalue weighted by molar-refractivity contribution is -0.114. The van der Waals surface area contributed by atoms with Gasteiger partial charge >= 0.3 is 5.97 Å². The van der Waals surface area contributed by atoms with Gasteiger partial charge in [-0.05, 0) is 25.0 Å². The second kappa shape index (κ2) is 8.47. The highest BCUT2D eigenvalue weighted by molar-refractivity contribution is 7.12. The predicted molar refractivity (Wildman–Crippen MR) is 105 cm³/mol. The summed E-state index contributed by atoms with van der Waals surface area (Å²) in [6.45, 7) is 1.40. The molecule has 0 saturated heterocycles. The van der Waals surface area contributed by atoms with Crippen molar-refractivity contribution in [1.29, 1.82) is 0 Å². The van der Waals surface area contributed by atoms with Crippen LogP contribution in [0.15, 0.2) is 23.2 Å². The predicted octanol–water partition coefficient (Wildman–Crippen LogP) is 3.13. The summed E-state index contributed by atoms with van der Waals surface area (Å²) in [6.07, 6.45) is 6.03. The van der Waals surface area contributed by atoms with Gasteiger partial charge in [-0.3, -0.25) is 9.79 Å². The molecule has 0 radical (unpaired) electrons. The Morgan fingerprint density at radius 3 is 2.70 bits per heavy atom. The number of nitrogens with one attached hydrogen (secondary N) is 1. The van der Waals surface area contributed by atoms with Crippen LogP contribution in [0.5, 0.6) is 0 Å². The van der Waals surface area contributed by atoms with Crippen LogP contribution < -0.4 is 10.1 Å². The molecule has 7 nitrogen and oxygen atoms in total. The van der Waals surface area contributed by atoms with Crippen LogP contribution in [0.2, 0.25) is 0 Å². The first-order valence-corrected chi connectivity index (χ1v) is 9.88. The first kappa shape index (κ1) is 19.3. The summed E-state index contributed by atoms with van der Waals surface area (Å²) in [7, 11) is 3.20. The number of anilines is 1. The number of hydrogen-bond donors (Lipinski definition) is 1. The molecule has 0 atom stereocenters. The van der Waals surface area contributed by atoms with Gasteiger partial charge in [0.1, 0.15) is 5.01 Å². The molecular weight excluding hydrogens is 364 g/mol. The lowest BCUT2D eigenvalue weighted by atomic mass is 9.96. The van der Waals surface area contributed by atoms with Crippen molar-refractivity contribution in [2.75, 3.05) is 12.4 Å². The van der Waals surface area contributed by atoms with Gasteiger partial charge in [0, 0.05) is 19.5 Å². The summed E-state index contributed by atoms with van der Waals surface area (Å²) in [4.78, 5) is 29.2. The molecule has 1 heterocycles.